The minimum Gasteiger partial charge on any atom is -0.327 e. The van der Waals surface area contributed by atoms with Gasteiger partial charge in [-0.05, 0) is 43.1 Å². The Morgan fingerprint density at radius 3 is 2.61 bits per heavy atom. The fourth-order valence-electron chi connectivity index (χ4n) is 3.33. The van der Waals surface area contributed by atoms with Gasteiger partial charge in [-0.1, -0.05) is 33.8 Å². The van der Waals surface area contributed by atoms with Crippen molar-refractivity contribution < 1.29 is 0 Å². The van der Waals surface area contributed by atoms with Crippen LogP contribution in [-0.2, 0) is 0 Å². The van der Waals surface area contributed by atoms with E-state index in [1.165, 1.54) is 32.4 Å². The zero-order valence-corrected chi connectivity index (χ0v) is 12.8. The minimum atomic E-state index is 0.352. The second kappa shape index (κ2) is 6.72. The third-order valence-corrected chi connectivity index (χ3v) is 5.12. The topological polar surface area (TPSA) is 29.3 Å². The maximum atomic E-state index is 6.23. The molecule has 0 aromatic heterocycles. The largest absolute Gasteiger partial charge is 0.327 e. The molecule has 1 fully saturated rings. The maximum absolute atomic E-state index is 6.23. The molecule has 18 heavy (non-hydrogen) atoms. The molecule has 2 heteroatoms. The van der Waals surface area contributed by atoms with E-state index in [9.17, 15) is 0 Å². The Bertz CT molecular complexity index is 260. The van der Waals surface area contributed by atoms with Gasteiger partial charge in [0.1, 0.15) is 0 Å². The van der Waals surface area contributed by atoms with E-state index in [1.54, 1.807) is 0 Å². The Morgan fingerprint density at radius 2 is 2.06 bits per heavy atom. The van der Waals surface area contributed by atoms with Gasteiger partial charge in [-0.25, -0.2) is 0 Å². The third kappa shape index (κ3) is 3.58. The predicted molar refractivity (Wildman–Crippen MR) is 80.6 cm³/mol. The zero-order chi connectivity index (χ0) is 13.8. The van der Waals surface area contributed by atoms with Gasteiger partial charge in [-0.15, -0.1) is 6.58 Å². The van der Waals surface area contributed by atoms with Gasteiger partial charge in [-0.3, -0.25) is 4.90 Å². The van der Waals surface area contributed by atoms with Crippen LogP contribution in [0, 0.1) is 17.3 Å². The summed E-state index contributed by atoms with van der Waals surface area (Å²) in [5, 5.41) is 0. The fourth-order valence-corrected chi connectivity index (χ4v) is 3.33. The first kappa shape index (κ1) is 15.7. The van der Waals surface area contributed by atoms with Gasteiger partial charge in [-0.2, -0.15) is 0 Å². The Kier molecular flexibility index (Phi) is 5.87. The van der Waals surface area contributed by atoms with Gasteiger partial charge in [0.2, 0.25) is 0 Å². The molecule has 2 N–H and O–H groups in total. The molecule has 0 radical (unpaired) electrons. The van der Waals surface area contributed by atoms with Gasteiger partial charge in [0, 0.05) is 19.1 Å². The highest BCUT2D eigenvalue weighted by Gasteiger charge is 2.41. The van der Waals surface area contributed by atoms with Crippen LogP contribution < -0.4 is 5.73 Å². The zero-order valence-electron chi connectivity index (χ0n) is 12.8. The molecule has 0 bridgehead atoms. The normalized spacial score (nSPS) is 31.6. The van der Waals surface area contributed by atoms with Crippen LogP contribution >= 0.6 is 0 Å². The predicted octanol–water partition coefficient (Wildman–Crippen LogP) is 3.28. The van der Waals surface area contributed by atoms with Crippen LogP contribution in [0.5, 0.6) is 0 Å². The van der Waals surface area contributed by atoms with Crippen molar-refractivity contribution in [3.05, 3.63) is 12.7 Å². The SMILES string of the molecule is C=CCN(CCC)CC1CCC(N)C(C)C1(C)C. The molecule has 0 heterocycles. The summed E-state index contributed by atoms with van der Waals surface area (Å²) in [6.07, 6.45) is 5.70. The Balaban J connectivity index is 2.66. The van der Waals surface area contributed by atoms with Crippen molar-refractivity contribution in [1.82, 2.24) is 4.90 Å². The first-order valence-corrected chi connectivity index (χ1v) is 7.52. The molecule has 3 unspecified atom stereocenters. The molecular formula is C16H32N2. The highest BCUT2D eigenvalue weighted by atomic mass is 15.1. The summed E-state index contributed by atoms with van der Waals surface area (Å²) >= 11 is 0. The van der Waals surface area contributed by atoms with Crippen molar-refractivity contribution in [2.45, 2.75) is 53.0 Å². The van der Waals surface area contributed by atoms with Gasteiger partial charge < -0.3 is 5.73 Å². The van der Waals surface area contributed by atoms with Crippen LogP contribution in [-0.4, -0.2) is 30.6 Å². The monoisotopic (exact) mass is 252 g/mol. The van der Waals surface area contributed by atoms with E-state index in [4.69, 9.17) is 5.73 Å². The van der Waals surface area contributed by atoms with Crippen LogP contribution in [0.4, 0.5) is 0 Å². The smallest absolute Gasteiger partial charge is 0.0160 e. The molecule has 3 atom stereocenters. The van der Waals surface area contributed by atoms with Crippen LogP contribution in [0.1, 0.15) is 47.0 Å². The Labute approximate surface area is 114 Å². The first-order chi connectivity index (χ1) is 8.43. The van der Waals surface area contributed by atoms with Crippen molar-refractivity contribution in [2.75, 3.05) is 19.6 Å². The number of hydrogen-bond acceptors (Lipinski definition) is 2. The summed E-state index contributed by atoms with van der Waals surface area (Å²) in [5.74, 6) is 1.38. The number of nitrogens with zero attached hydrogens (tertiary/aromatic N) is 1. The average molecular weight is 252 g/mol. The van der Waals surface area contributed by atoms with Gasteiger partial charge in [0.25, 0.3) is 0 Å². The van der Waals surface area contributed by atoms with Crippen molar-refractivity contribution >= 4 is 0 Å². The van der Waals surface area contributed by atoms with E-state index in [1.807, 2.05) is 6.08 Å². The molecule has 106 valence electrons. The number of hydrogen-bond donors (Lipinski definition) is 1. The minimum absolute atomic E-state index is 0.352. The van der Waals surface area contributed by atoms with Crippen LogP contribution in [0.2, 0.25) is 0 Å². The van der Waals surface area contributed by atoms with Gasteiger partial charge in [0.05, 0.1) is 0 Å². The summed E-state index contributed by atoms with van der Waals surface area (Å²) in [4.78, 5) is 2.54. The lowest BCUT2D eigenvalue weighted by Crippen LogP contribution is -2.50. The van der Waals surface area contributed by atoms with E-state index in [0.717, 1.165) is 12.5 Å². The number of rotatable bonds is 6. The van der Waals surface area contributed by atoms with E-state index >= 15 is 0 Å². The van der Waals surface area contributed by atoms with Crippen molar-refractivity contribution in [2.24, 2.45) is 23.0 Å². The summed E-state index contributed by atoms with van der Waals surface area (Å²) < 4.78 is 0. The summed E-state index contributed by atoms with van der Waals surface area (Å²) in [6.45, 7) is 16.7. The summed E-state index contributed by atoms with van der Waals surface area (Å²) in [5.41, 5.74) is 6.59. The van der Waals surface area contributed by atoms with Crippen LogP contribution in [0.3, 0.4) is 0 Å². The van der Waals surface area contributed by atoms with E-state index in [2.05, 4.69) is 39.2 Å². The van der Waals surface area contributed by atoms with Crippen molar-refractivity contribution in [3.63, 3.8) is 0 Å². The summed E-state index contributed by atoms with van der Waals surface area (Å²) in [6, 6.07) is 0.385. The lowest BCUT2D eigenvalue weighted by atomic mass is 9.61. The lowest BCUT2D eigenvalue weighted by molar-refractivity contribution is 0.0310. The molecule has 2 nitrogen and oxygen atoms in total. The second-order valence-electron chi connectivity index (χ2n) is 6.60. The molecule has 0 aromatic carbocycles. The molecule has 0 amide bonds. The molecular weight excluding hydrogens is 220 g/mol. The maximum Gasteiger partial charge on any atom is 0.0160 e. The molecule has 1 saturated carbocycles. The molecule has 1 aliphatic carbocycles. The molecule has 0 saturated heterocycles. The highest BCUT2D eigenvalue weighted by Crippen LogP contribution is 2.44. The van der Waals surface area contributed by atoms with E-state index < -0.39 is 0 Å². The van der Waals surface area contributed by atoms with Crippen molar-refractivity contribution in [1.29, 1.82) is 0 Å². The third-order valence-electron chi connectivity index (χ3n) is 5.12. The Hall–Kier alpha value is -0.340. The molecule has 0 aliphatic heterocycles. The van der Waals surface area contributed by atoms with E-state index in [-0.39, 0.29) is 0 Å². The standard InChI is InChI=1S/C16H32N2/c1-6-10-18(11-7-2)12-14-8-9-15(17)13(3)16(14,4)5/h6,13-15H,1,7-12,17H2,2-5H3. The number of nitrogens with two attached hydrogens (primary N) is 1. The van der Waals surface area contributed by atoms with Gasteiger partial charge >= 0.3 is 0 Å². The molecule has 1 rings (SSSR count). The Morgan fingerprint density at radius 1 is 1.39 bits per heavy atom. The highest BCUT2D eigenvalue weighted by molar-refractivity contribution is 4.94. The van der Waals surface area contributed by atoms with Crippen LogP contribution in [0.25, 0.3) is 0 Å². The van der Waals surface area contributed by atoms with Crippen LogP contribution in [0.15, 0.2) is 12.7 Å². The fraction of sp³-hybridized carbons (Fsp3) is 0.875. The quantitative estimate of drug-likeness (QED) is 0.735. The first-order valence-electron chi connectivity index (χ1n) is 7.52. The molecule has 0 spiro atoms. The molecule has 1 aliphatic rings. The summed E-state index contributed by atoms with van der Waals surface area (Å²) in [7, 11) is 0. The van der Waals surface area contributed by atoms with E-state index in [0.29, 0.717) is 17.4 Å². The lowest BCUT2D eigenvalue weighted by Gasteiger charge is -2.48. The second-order valence-corrected chi connectivity index (χ2v) is 6.60. The van der Waals surface area contributed by atoms with Gasteiger partial charge in [0.15, 0.2) is 0 Å². The average Bonchev–Trinajstić information content (AvgIpc) is 2.31. The van der Waals surface area contributed by atoms with Crippen molar-refractivity contribution in [3.8, 4) is 0 Å². The molecule has 0 aromatic rings.